The molecule has 8 nitrogen and oxygen atoms in total. The van der Waals surface area contributed by atoms with Crippen molar-refractivity contribution in [2.45, 2.75) is 18.4 Å². The molecule has 1 saturated heterocycles. The van der Waals surface area contributed by atoms with E-state index in [2.05, 4.69) is 10.1 Å². The first kappa shape index (κ1) is 16.4. The Balaban J connectivity index is 1.71. The second-order valence-electron chi connectivity index (χ2n) is 5.42. The molecule has 3 heterocycles. The van der Waals surface area contributed by atoms with E-state index in [0.717, 1.165) is 0 Å². The van der Waals surface area contributed by atoms with E-state index in [1.54, 1.807) is 23.0 Å². The summed E-state index contributed by atoms with van der Waals surface area (Å²) < 4.78 is 28.4. The number of rotatable bonds is 4. The number of aromatic nitrogens is 3. The van der Waals surface area contributed by atoms with Gasteiger partial charge >= 0.3 is 0 Å². The molecule has 0 aliphatic carbocycles. The molecule has 0 bridgehead atoms. The van der Waals surface area contributed by atoms with Crippen LogP contribution in [0.25, 0.3) is 0 Å². The molecule has 2 aromatic heterocycles. The third-order valence-electron chi connectivity index (χ3n) is 3.98. The molecule has 0 saturated carbocycles. The van der Waals surface area contributed by atoms with Gasteiger partial charge in [0.15, 0.2) is 0 Å². The third-order valence-corrected chi connectivity index (χ3v) is 5.83. The summed E-state index contributed by atoms with van der Waals surface area (Å²) in [6.45, 7) is 4.34. The van der Waals surface area contributed by atoms with Crippen LogP contribution in [-0.4, -0.2) is 53.7 Å². The fourth-order valence-corrected chi connectivity index (χ4v) is 4.00. The zero-order chi connectivity index (χ0) is 17.2. The molecule has 0 unspecified atom stereocenters. The highest BCUT2D eigenvalue weighted by molar-refractivity contribution is 7.89. The standard InChI is InChI=1S/C15H18N6O2S/c1-2-20-12-14(11-17-20)24(22,23)21-8-6-19(7-9-21)15-5-3-4-13(10-16)18-15/h3-5,11-12H,2,6-9H2,1H3. The highest BCUT2D eigenvalue weighted by Gasteiger charge is 2.29. The van der Waals surface area contributed by atoms with Crippen LogP contribution in [0.3, 0.4) is 0 Å². The SMILES string of the molecule is CCn1cc(S(=O)(=O)N2CCN(c3cccc(C#N)n3)CC2)cn1. The van der Waals surface area contributed by atoms with E-state index >= 15 is 0 Å². The highest BCUT2D eigenvalue weighted by Crippen LogP contribution is 2.19. The minimum atomic E-state index is -3.52. The quantitative estimate of drug-likeness (QED) is 0.808. The fraction of sp³-hybridized carbons (Fsp3) is 0.400. The first-order valence-electron chi connectivity index (χ1n) is 7.69. The van der Waals surface area contributed by atoms with E-state index < -0.39 is 10.0 Å². The van der Waals surface area contributed by atoms with Crippen LogP contribution in [0.1, 0.15) is 12.6 Å². The molecular weight excluding hydrogens is 328 g/mol. The van der Waals surface area contributed by atoms with Crippen LogP contribution < -0.4 is 4.90 Å². The van der Waals surface area contributed by atoms with Crippen LogP contribution in [0.4, 0.5) is 5.82 Å². The van der Waals surface area contributed by atoms with E-state index in [-0.39, 0.29) is 4.90 Å². The average molecular weight is 346 g/mol. The van der Waals surface area contributed by atoms with Gasteiger partial charge in [-0.05, 0) is 19.1 Å². The zero-order valence-electron chi connectivity index (χ0n) is 13.3. The van der Waals surface area contributed by atoms with Crippen molar-refractivity contribution in [3.63, 3.8) is 0 Å². The van der Waals surface area contributed by atoms with Gasteiger partial charge < -0.3 is 4.90 Å². The van der Waals surface area contributed by atoms with Gasteiger partial charge in [0, 0.05) is 38.9 Å². The fourth-order valence-electron chi connectivity index (χ4n) is 2.62. The smallest absolute Gasteiger partial charge is 0.246 e. The molecule has 0 radical (unpaired) electrons. The Morgan fingerprint density at radius 1 is 1.25 bits per heavy atom. The van der Waals surface area contributed by atoms with Gasteiger partial charge in [-0.1, -0.05) is 6.07 Å². The molecule has 0 amide bonds. The van der Waals surface area contributed by atoms with Crippen molar-refractivity contribution in [1.29, 1.82) is 5.26 Å². The lowest BCUT2D eigenvalue weighted by molar-refractivity contribution is 0.383. The van der Waals surface area contributed by atoms with Crippen LogP contribution in [-0.2, 0) is 16.6 Å². The predicted octanol–water partition coefficient (Wildman–Crippen LogP) is 0.681. The number of piperazine rings is 1. The molecule has 0 atom stereocenters. The van der Waals surface area contributed by atoms with Gasteiger partial charge in [0.05, 0.1) is 6.20 Å². The van der Waals surface area contributed by atoms with E-state index in [1.165, 1.54) is 10.5 Å². The van der Waals surface area contributed by atoms with Crippen molar-refractivity contribution in [3.05, 3.63) is 36.3 Å². The van der Waals surface area contributed by atoms with Gasteiger partial charge in [-0.25, -0.2) is 13.4 Å². The van der Waals surface area contributed by atoms with Crippen LogP contribution in [0.15, 0.2) is 35.5 Å². The van der Waals surface area contributed by atoms with Gasteiger partial charge in [-0.2, -0.15) is 14.7 Å². The number of aryl methyl sites for hydroxylation is 1. The van der Waals surface area contributed by atoms with Crippen LogP contribution in [0, 0.1) is 11.3 Å². The van der Waals surface area contributed by atoms with E-state index in [0.29, 0.717) is 44.2 Å². The van der Waals surface area contributed by atoms with Crippen molar-refractivity contribution in [2.24, 2.45) is 0 Å². The summed E-state index contributed by atoms with van der Waals surface area (Å²) in [5.41, 5.74) is 0.356. The Labute approximate surface area is 141 Å². The van der Waals surface area contributed by atoms with Crippen molar-refractivity contribution in [3.8, 4) is 6.07 Å². The maximum Gasteiger partial charge on any atom is 0.246 e. The molecule has 0 aromatic carbocycles. The Hall–Kier alpha value is -2.44. The monoisotopic (exact) mass is 346 g/mol. The number of nitriles is 1. The summed E-state index contributed by atoms with van der Waals surface area (Å²) in [4.78, 5) is 6.47. The maximum atomic E-state index is 12.7. The number of sulfonamides is 1. The number of hydrogen-bond donors (Lipinski definition) is 0. The summed E-state index contributed by atoms with van der Waals surface area (Å²) >= 11 is 0. The number of nitrogens with zero attached hydrogens (tertiary/aromatic N) is 6. The molecule has 3 rings (SSSR count). The highest BCUT2D eigenvalue weighted by atomic mass is 32.2. The van der Waals surface area contributed by atoms with Gasteiger partial charge in [0.25, 0.3) is 0 Å². The minimum Gasteiger partial charge on any atom is -0.354 e. The molecule has 1 aliphatic rings. The Morgan fingerprint density at radius 3 is 2.62 bits per heavy atom. The Kier molecular flexibility index (Phi) is 4.51. The van der Waals surface area contributed by atoms with Crippen LogP contribution >= 0.6 is 0 Å². The van der Waals surface area contributed by atoms with Gasteiger partial charge in [0.1, 0.15) is 22.5 Å². The van der Waals surface area contributed by atoms with E-state index in [9.17, 15) is 8.42 Å². The lowest BCUT2D eigenvalue weighted by Crippen LogP contribution is -2.48. The lowest BCUT2D eigenvalue weighted by Gasteiger charge is -2.34. The molecule has 0 N–H and O–H groups in total. The molecule has 9 heteroatoms. The van der Waals surface area contributed by atoms with E-state index in [4.69, 9.17) is 5.26 Å². The second kappa shape index (κ2) is 6.59. The minimum absolute atomic E-state index is 0.224. The molecule has 24 heavy (non-hydrogen) atoms. The first-order chi connectivity index (χ1) is 11.5. The van der Waals surface area contributed by atoms with Crippen molar-refractivity contribution < 1.29 is 8.42 Å². The molecular formula is C15H18N6O2S. The molecule has 1 fully saturated rings. The maximum absolute atomic E-state index is 12.7. The summed E-state index contributed by atoms with van der Waals surface area (Å²) in [6, 6.07) is 7.27. The summed E-state index contributed by atoms with van der Waals surface area (Å²) in [6.07, 6.45) is 2.95. The van der Waals surface area contributed by atoms with Crippen molar-refractivity contribution in [1.82, 2.24) is 19.1 Å². The molecule has 126 valence electrons. The van der Waals surface area contributed by atoms with Gasteiger partial charge in [-0.3, -0.25) is 4.68 Å². The average Bonchev–Trinajstić information content (AvgIpc) is 3.12. The number of pyridine rings is 1. The summed E-state index contributed by atoms with van der Waals surface area (Å²) in [5, 5.41) is 13.0. The van der Waals surface area contributed by atoms with Crippen molar-refractivity contribution in [2.75, 3.05) is 31.1 Å². The number of anilines is 1. The predicted molar refractivity (Wildman–Crippen MR) is 87.8 cm³/mol. The largest absolute Gasteiger partial charge is 0.354 e. The van der Waals surface area contributed by atoms with Gasteiger partial charge in [0.2, 0.25) is 10.0 Å². The molecule has 2 aromatic rings. The first-order valence-corrected chi connectivity index (χ1v) is 9.13. The normalized spacial score (nSPS) is 16.1. The van der Waals surface area contributed by atoms with Crippen molar-refractivity contribution >= 4 is 15.8 Å². The summed E-state index contributed by atoms with van der Waals surface area (Å²) in [5.74, 6) is 0.699. The topological polar surface area (TPSA) is 95.1 Å². The van der Waals surface area contributed by atoms with Crippen LogP contribution in [0.2, 0.25) is 0 Å². The number of hydrogen-bond acceptors (Lipinski definition) is 6. The van der Waals surface area contributed by atoms with Gasteiger partial charge in [-0.15, -0.1) is 0 Å². The lowest BCUT2D eigenvalue weighted by atomic mass is 10.3. The third kappa shape index (κ3) is 3.11. The molecule has 1 aliphatic heterocycles. The van der Waals surface area contributed by atoms with E-state index in [1.807, 2.05) is 24.0 Å². The zero-order valence-corrected chi connectivity index (χ0v) is 14.1. The second-order valence-corrected chi connectivity index (χ2v) is 7.35. The summed E-state index contributed by atoms with van der Waals surface area (Å²) in [7, 11) is -3.52. The van der Waals surface area contributed by atoms with Crippen LogP contribution in [0.5, 0.6) is 0 Å². The Morgan fingerprint density at radius 2 is 2.00 bits per heavy atom. The molecule has 0 spiro atoms. The Bertz CT molecular complexity index is 862.